The molecular formula is C5H8ClN3. The van der Waals surface area contributed by atoms with Crippen molar-refractivity contribution in [3.63, 3.8) is 0 Å². The number of hydrogen-bond donors (Lipinski definition) is 2. The van der Waals surface area contributed by atoms with Crippen LogP contribution >= 0.6 is 11.6 Å². The molecule has 0 aliphatic heterocycles. The molecule has 0 amide bonds. The number of allylic oxidation sites excluding steroid dienone is 1. The first kappa shape index (κ1) is 8.17. The number of hydrogen-bond acceptors (Lipinski definition) is 3. The fourth-order valence-electron chi connectivity index (χ4n) is 0.262. The predicted molar refractivity (Wildman–Crippen MR) is 40.0 cm³/mol. The summed E-state index contributed by atoms with van der Waals surface area (Å²) in [5.41, 5.74) is 5.39. The molecule has 0 atom stereocenters. The van der Waals surface area contributed by atoms with E-state index in [0.717, 1.165) is 0 Å². The molecule has 4 heteroatoms. The Morgan fingerprint density at radius 1 is 1.78 bits per heavy atom. The van der Waals surface area contributed by atoms with Crippen molar-refractivity contribution in [2.45, 2.75) is 6.92 Å². The zero-order valence-corrected chi connectivity index (χ0v) is 5.87. The van der Waals surface area contributed by atoms with Gasteiger partial charge in [-0.2, -0.15) is 0 Å². The molecule has 3 nitrogen and oxygen atoms in total. The Kier molecular flexibility index (Phi) is 2.95. The van der Waals surface area contributed by atoms with Crippen LogP contribution in [0.2, 0.25) is 0 Å². The Hall–Kier alpha value is -0.830. The molecule has 0 rings (SSSR count). The molecule has 0 saturated heterocycles. The molecule has 0 aliphatic carbocycles. The van der Waals surface area contributed by atoms with E-state index in [1.807, 2.05) is 0 Å². The molecule has 9 heavy (non-hydrogen) atoms. The zero-order valence-electron chi connectivity index (χ0n) is 5.11. The lowest BCUT2D eigenvalue weighted by atomic mass is 10.4. The van der Waals surface area contributed by atoms with Gasteiger partial charge in [-0.05, 0) is 13.6 Å². The summed E-state index contributed by atoms with van der Waals surface area (Å²) in [6, 6.07) is 0. The standard InChI is InChI=1S/C5H8ClN3/c1-3(7)4(6)5(8)9-2/h7H,2,8H2,1H3/b5-4+,7-3?. The van der Waals surface area contributed by atoms with Gasteiger partial charge in [-0.25, -0.2) is 4.99 Å². The van der Waals surface area contributed by atoms with E-state index in [2.05, 4.69) is 11.7 Å². The molecule has 0 saturated carbocycles. The summed E-state index contributed by atoms with van der Waals surface area (Å²) in [4.78, 5) is 3.34. The summed E-state index contributed by atoms with van der Waals surface area (Å²) in [5, 5.41) is 7.13. The minimum atomic E-state index is 0.101. The quantitative estimate of drug-likeness (QED) is 0.562. The Morgan fingerprint density at radius 3 is 2.33 bits per heavy atom. The van der Waals surface area contributed by atoms with Gasteiger partial charge in [0.25, 0.3) is 0 Å². The van der Waals surface area contributed by atoms with Gasteiger partial charge in [0.1, 0.15) is 10.9 Å². The fourth-order valence-corrected chi connectivity index (χ4v) is 0.321. The Morgan fingerprint density at radius 2 is 2.22 bits per heavy atom. The van der Waals surface area contributed by atoms with Crippen LogP contribution in [0, 0.1) is 5.41 Å². The highest BCUT2D eigenvalue weighted by molar-refractivity contribution is 6.43. The van der Waals surface area contributed by atoms with E-state index in [1.54, 1.807) is 0 Å². The molecule has 0 aromatic rings. The van der Waals surface area contributed by atoms with Gasteiger partial charge >= 0.3 is 0 Å². The number of aliphatic imine (C=N–C) groups is 1. The third kappa shape index (κ3) is 2.28. The highest BCUT2D eigenvalue weighted by atomic mass is 35.5. The minimum Gasteiger partial charge on any atom is -0.382 e. The molecule has 0 radical (unpaired) electrons. The smallest absolute Gasteiger partial charge is 0.143 e. The third-order valence-electron chi connectivity index (χ3n) is 0.724. The number of nitrogens with two attached hydrogens (primary N) is 1. The second-order valence-electron chi connectivity index (χ2n) is 1.48. The molecule has 0 bridgehead atoms. The van der Waals surface area contributed by atoms with Crippen LogP contribution in [-0.2, 0) is 0 Å². The summed E-state index contributed by atoms with van der Waals surface area (Å²) in [6.07, 6.45) is 0. The molecule has 0 unspecified atom stereocenters. The van der Waals surface area contributed by atoms with Crippen molar-refractivity contribution >= 4 is 24.0 Å². The number of nitrogens with zero attached hydrogens (tertiary/aromatic N) is 1. The van der Waals surface area contributed by atoms with E-state index in [-0.39, 0.29) is 16.6 Å². The zero-order chi connectivity index (χ0) is 7.44. The van der Waals surface area contributed by atoms with Crippen molar-refractivity contribution in [3.05, 3.63) is 10.9 Å². The lowest BCUT2D eigenvalue weighted by molar-refractivity contribution is 1.25. The molecule has 3 N–H and O–H groups in total. The maximum atomic E-state index is 6.98. The van der Waals surface area contributed by atoms with Crippen molar-refractivity contribution in [1.82, 2.24) is 0 Å². The van der Waals surface area contributed by atoms with Gasteiger partial charge in [-0.15, -0.1) is 0 Å². The molecule has 0 aromatic heterocycles. The van der Waals surface area contributed by atoms with Crippen molar-refractivity contribution in [2.24, 2.45) is 10.7 Å². The lowest BCUT2D eigenvalue weighted by Crippen LogP contribution is -2.00. The predicted octanol–water partition coefficient (Wildman–Crippen LogP) is 1.09. The lowest BCUT2D eigenvalue weighted by Gasteiger charge is -1.94. The van der Waals surface area contributed by atoms with Crippen LogP contribution < -0.4 is 5.73 Å². The fraction of sp³-hybridized carbons (Fsp3) is 0.200. The van der Waals surface area contributed by atoms with Gasteiger partial charge in [0.15, 0.2) is 0 Å². The molecular weight excluding hydrogens is 138 g/mol. The molecule has 0 aliphatic rings. The largest absolute Gasteiger partial charge is 0.382 e. The molecule has 0 spiro atoms. The van der Waals surface area contributed by atoms with Crippen molar-refractivity contribution in [3.8, 4) is 0 Å². The SMILES string of the molecule is C=N/C(N)=C(/Cl)C(C)=N. The van der Waals surface area contributed by atoms with Crippen molar-refractivity contribution in [1.29, 1.82) is 5.41 Å². The van der Waals surface area contributed by atoms with Crippen LogP contribution in [0.1, 0.15) is 6.92 Å². The van der Waals surface area contributed by atoms with Gasteiger partial charge in [-0.3, -0.25) is 0 Å². The summed E-state index contributed by atoms with van der Waals surface area (Å²) >= 11 is 5.46. The molecule has 0 aromatic carbocycles. The maximum absolute atomic E-state index is 6.98. The van der Waals surface area contributed by atoms with Crippen LogP contribution in [0.5, 0.6) is 0 Å². The average Bonchev–Trinajstić information content (AvgIpc) is 1.84. The first-order valence-corrected chi connectivity index (χ1v) is 2.65. The van der Waals surface area contributed by atoms with E-state index >= 15 is 0 Å². The van der Waals surface area contributed by atoms with Crippen LogP contribution in [0.15, 0.2) is 15.8 Å². The van der Waals surface area contributed by atoms with Gasteiger partial charge in [0.05, 0.1) is 5.71 Å². The molecule has 0 heterocycles. The van der Waals surface area contributed by atoms with E-state index in [9.17, 15) is 0 Å². The minimum absolute atomic E-state index is 0.101. The van der Waals surface area contributed by atoms with Crippen molar-refractivity contribution in [2.75, 3.05) is 0 Å². The third-order valence-corrected chi connectivity index (χ3v) is 1.20. The summed E-state index contributed by atoms with van der Waals surface area (Å²) in [5.74, 6) is 0.101. The van der Waals surface area contributed by atoms with E-state index in [1.165, 1.54) is 6.92 Å². The normalized spacial score (nSPS) is 12.2. The Balaban J connectivity index is 4.47. The first-order valence-electron chi connectivity index (χ1n) is 2.27. The Bertz CT molecular complexity index is 171. The summed E-state index contributed by atoms with van der Waals surface area (Å²) in [6.45, 7) is 4.68. The van der Waals surface area contributed by atoms with E-state index < -0.39 is 0 Å². The number of nitrogens with one attached hydrogen (secondary N) is 1. The summed E-state index contributed by atoms with van der Waals surface area (Å²) in [7, 11) is 0. The van der Waals surface area contributed by atoms with Gasteiger partial charge in [-0.1, -0.05) is 11.6 Å². The average molecular weight is 146 g/mol. The highest BCUT2D eigenvalue weighted by Crippen LogP contribution is 2.06. The number of rotatable bonds is 2. The van der Waals surface area contributed by atoms with Gasteiger partial charge < -0.3 is 11.1 Å². The Labute approximate surface area is 58.7 Å². The van der Waals surface area contributed by atoms with Gasteiger partial charge in [0, 0.05) is 0 Å². The monoisotopic (exact) mass is 145 g/mol. The van der Waals surface area contributed by atoms with Crippen molar-refractivity contribution < 1.29 is 0 Å². The van der Waals surface area contributed by atoms with Crippen LogP contribution in [-0.4, -0.2) is 12.4 Å². The van der Waals surface area contributed by atoms with E-state index in [4.69, 9.17) is 22.7 Å². The topological polar surface area (TPSA) is 62.2 Å². The maximum Gasteiger partial charge on any atom is 0.143 e. The second-order valence-corrected chi connectivity index (χ2v) is 1.86. The van der Waals surface area contributed by atoms with E-state index in [0.29, 0.717) is 0 Å². The molecule has 0 fully saturated rings. The first-order chi connectivity index (χ1) is 4.09. The molecule has 50 valence electrons. The number of halogens is 1. The second kappa shape index (κ2) is 3.25. The highest BCUT2D eigenvalue weighted by Gasteiger charge is 1.98. The van der Waals surface area contributed by atoms with Gasteiger partial charge in [0.2, 0.25) is 0 Å². The van der Waals surface area contributed by atoms with Crippen LogP contribution in [0.25, 0.3) is 0 Å². The van der Waals surface area contributed by atoms with Crippen LogP contribution in [0.3, 0.4) is 0 Å². The summed E-state index contributed by atoms with van der Waals surface area (Å²) < 4.78 is 0. The van der Waals surface area contributed by atoms with Crippen LogP contribution in [0.4, 0.5) is 0 Å².